The zero-order valence-electron chi connectivity index (χ0n) is 16.4. The van der Waals surface area contributed by atoms with Gasteiger partial charge in [-0.2, -0.15) is 0 Å². The summed E-state index contributed by atoms with van der Waals surface area (Å²) in [5.74, 6) is -1.43. The van der Waals surface area contributed by atoms with Gasteiger partial charge >= 0.3 is 0 Å². The topological polar surface area (TPSA) is 103 Å². The van der Waals surface area contributed by atoms with Crippen LogP contribution in [-0.4, -0.2) is 69.3 Å². The van der Waals surface area contributed by atoms with Gasteiger partial charge in [0.1, 0.15) is 0 Å². The Labute approximate surface area is 172 Å². The molecule has 0 radical (unpaired) electrons. The predicted octanol–water partition coefficient (Wildman–Crippen LogP) is 1.93. The summed E-state index contributed by atoms with van der Waals surface area (Å²) in [6, 6.07) is 10.2. The van der Waals surface area contributed by atoms with Crippen LogP contribution >= 0.6 is 0 Å². The number of pyridine rings is 1. The molecule has 1 saturated heterocycles. The van der Waals surface area contributed by atoms with Crippen molar-refractivity contribution in [3.8, 4) is 0 Å². The minimum atomic E-state index is -0.688. The molecule has 1 aromatic carbocycles. The summed E-state index contributed by atoms with van der Waals surface area (Å²) in [4.78, 5) is 59.8. The van der Waals surface area contributed by atoms with Crippen LogP contribution in [0.15, 0.2) is 48.8 Å². The maximum atomic E-state index is 12.9. The molecule has 1 atom stereocenters. The molecule has 8 heteroatoms. The molecule has 0 aliphatic carbocycles. The molecule has 1 unspecified atom stereocenters. The van der Waals surface area contributed by atoms with E-state index >= 15 is 0 Å². The molecule has 1 N–H and O–H groups in total. The standard InChI is InChI=1S/C22H20N4O4/c1-14-12-25(21(29)15-5-3-2-4-6-15)9-10-26(14)22(30)20(28)17-11-24-18-16(13-27)7-8-23-19(17)18/h2-8,11,13-14,24H,9-10,12H2,1H3. The van der Waals surface area contributed by atoms with Gasteiger partial charge in [-0.05, 0) is 25.1 Å². The van der Waals surface area contributed by atoms with Crippen LogP contribution in [0.3, 0.4) is 0 Å². The smallest absolute Gasteiger partial charge is 0.295 e. The van der Waals surface area contributed by atoms with Gasteiger partial charge in [0.15, 0.2) is 6.29 Å². The Kier molecular flexibility index (Phi) is 5.14. The number of ketones is 1. The summed E-state index contributed by atoms with van der Waals surface area (Å²) in [5.41, 5.74) is 1.82. The highest BCUT2D eigenvalue weighted by atomic mass is 16.2. The van der Waals surface area contributed by atoms with Crippen molar-refractivity contribution < 1.29 is 19.2 Å². The number of hydrogen-bond donors (Lipinski definition) is 1. The molecule has 1 fully saturated rings. The van der Waals surface area contributed by atoms with Gasteiger partial charge in [0.25, 0.3) is 17.6 Å². The van der Waals surface area contributed by atoms with Crippen LogP contribution in [0.5, 0.6) is 0 Å². The van der Waals surface area contributed by atoms with Crippen LogP contribution < -0.4 is 0 Å². The predicted molar refractivity (Wildman–Crippen MR) is 109 cm³/mol. The van der Waals surface area contributed by atoms with E-state index in [2.05, 4.69) is 9.97 Å². The lowest BCUT2D eigenvalue weighted by atomic mass is 10.1. The van der Waals surface area contributed by atoms with Gasteiger partial charge in [-0.15, -0.1) is 0 Å². The number of hydrogen-bond acceptors (Lipinski definition) is 5. The summed E-state index contributed by atoms with van der Waals surface area (Å²) < 4.78 is 0. The van der Waals surface area contributed by atoms with E-state index in [1.54, 1.807) is 29.2 Å². The lowest BCUT2D eigenvalue weighted by Gasteiger charge is -2.39. The quantitative estimate of drug-likeness (QED) is 0.407. The van der Waals surface area contributed by atoms with Crippen LogP contribution in [0.2, 0.25) is 0 Å². The van der Waals surface area contributed by atoms with Gasteiger partial charge < -0.3 is 14.8 Å². The molecule has 152 valence electrons. The zero-order chi connectivity index (χ0) is 21.3. The number of fused-ring (bicyclic) bond motifs is 1. The summed E-state index contributed by atoms with van der Waals surface area (Å²) in [5, 5.41) is 0. The van der Waals surface area contributed by atoms with E-state index in [-0.39, 0.29) is 24.1 Å². The van der Waals surface area contributed by atoms with E-state index in [1.807, 2.05) is 13.0 Å². The monoisotopic (exact) mass is 404 g/mol. The molecule has 0 spiro atoms. The third-order valence-electron chi connectivity index (χ3n) is 5.36. The van der Waals surface area contributed by atoms with E-state index in [1.165, 1.54) is 23.4 Å². The molecule has 8 nitrogen and oxygen atoms in total. The summed E-state index contributed by atoms with van der Waals surface area (Å²) >= 11 is 0. The Morgan fingerprint density at radius 2 is 1.90 bits per heavy atom. The number of carbonyl (C=O) groups is 4. The van der Waals surface area contributed by atoms with Gasteiger partial charge in [-0.3, -0.25) is 24.2 Å². The fourth-order valence-corrected chi connectivity index (χ4v) is 3.77. The SMILES string of the molecule is CC1CN(C(=O)c2ccccc2)CCN1C(=O)C(=O)c1c[nH]c2c(C=O)ccnc12. The number of benzene rings is 1. The number of aldehydes is 1. The molecule has 1 aliphatic heterocycles. The van der Waals surface area contributed by atoms with E-state index in [4.69, 9.17) is 0 Å². The van der Waals surface area contributed by atoms with Crippen LogP contribution in [-0.2, 0) is 4.79 Å². The van der Waals surface area contributed by atoms with E-state index < -0.39 is 11.7 Å². The molecule has 2 amide bonds. The fourth-order valence-electron chi connectivity index (χ4n) is 3.77. The number of H-pyrrole nitrogens is 1. The van der Waals surface area contributed by atoms with Gasteiger partial charge in [0.2, 0.25) is 0 Å². The highest BCUT2D eigenvalue weighted by Gasteiger charge is 2.34. The van der Waals surface area contributed by atoms with Crippen LogP contribution in [0.4, 0.5) is 0 Å². The first-order valence-electron chi connectivity index (χ1n) is 9.62. The fraction of sp³-hybridized carbons (Fsp3) is 0.227. The van der Waals surface area contributed by atoms with Crippen LogP contribution in [0.25, 0.3) is 11.0 Å². The Bertz CT molecular complexity index is 1140. The second kappa shape index (κ2) is 7.90. The third-order valence-corrected chi connectivity index (χ3v) is 5.36. The highest BCUT2D eigenvalue weighted by Crippen LogP contribution is 2.21. The molecule has 1 aliphatic rings. The molecule has 3 aromatic rings. The number of aromatic nitrogens is 2. The molecule has 30 heavy (non-hydrogen) atoms. The van der Waals surface area contributed by atoms with E-state index in [9.17, 15) is 19.2 Å². The molecule has 3 heterocycles. The lowest BCUT2D eigenvalue weighted by molar-refractivity contribution is -0.130. The van der Waals surface area contributed by atoms with Crippen LogP contribution in [0, 0.1) is 0 Å². The van der Waals surface area contributed by atoms with Crippen molar-refractivity contribution >= 4 is 34.9 Å². The average molecular weight is 404 g/mol. The number of piperazine rings is 1. The largest absolute Gasteiger partial charge is 0.359 e. The van der Waals surface area contributed by atoms with Crippen molar-refractivity contribution in [3.63, 3.8) is 0 Å². The Morgan fingerprint density at radius 1 is 1.13 bits per heavy atom. The van der Waals surface area contributed by atoms with Crippen molar-refractivity contribution in [1.82, 2.24) is 19.8 Å². The second-order valence-electron chi connectivity index (χ2n) is 7.24. The van der Waals surface area contributed by atoms with Crippen molar-refractivity contribution in [2.75, 3.05) is 19.6 Å². The second-order valence-corrected chi connectivity index (χ2v) is 7.24. The first-order valence-corrected chi connectivity index (χ1v) is 9.62. The van der Waals surface area contributed by atoms with Gasteiger partial charge in [-0.25, -0.2) is 0 Å². The van der Waals surface area contributed by atoms with Gasteiger partial charge in [-0.1, -0.05) is 18.2 Å². The number of aromatic amines is 1. The third kappa shape index (κ3) is 3.36. The zero-order valence-corrected chi connectivity index (χ0v) is 16.4. The van der Waals surface area contributed by atoms with Crippen LogP contribution in [0.1, 0.15) is 38.0 Å². The maximum absolute atomic E-state index is 12.9. The molecular weight excluding hydrogens is 384 g/mol. The molecule has 0 bridgehead atoms. The van der Waals surface area contributed by atoms with E-state index in [0.29, 0.717) is 41.5 Å². The van der Waals surface area contributed by atoms with Gasteiger partial charge in [0, 0.05) is 49.2 Å². The number of carbonyl (C=O) groups excluding carboxylic acids is 4. The van der Waals surface area contributed by atoms with E-state index in [0.717, 1.165) is 0 Å². The highest BCUT2D eigenvalue weighted by molar-refractivity contribution is 6.44. The first-order chi connectivity index (χ1) is 14.5. The molecular formula is C22H20N4O4. The minimum absolute atomic E-state index is 0.0944. The number of Topliss-reactive ketones (excluding diaryl/α,β-unsaturated/α-hetero) is 1. The van der Waals surface area contributed by atoms with Gasteiger partial charge in [0.05, 0.1) is 16.6 Å². The Morgan fingerprint density at radius 3 is 2.60 bits per heavy atom. The summed E-state index contributed by atoms with van der Waals surface area (Å²) in [6.07, 6.45) is 3.50. The number of amides is 2. The summed E-state index contributed by atoms with van der Waals surface area (Å²) in [6.45, 7) is 2.76. The minimum Gasteiger partial charge on any atom is -0.359 e. The molecule has 0 saturated carbocycles. The Balaban J connectivity index is 1.50. The number of nitrogens with one attached hydrogen (secondary N) is 1. The summed E-state index contributed by atoms with van der Waals surface area (Å²) in [7, 11) is 0. The lowest BCUT2D eigenvalue weighted by Crippen LogP contribution is -2.56. The Hall–Kier alpha value is -3.81. The average Bonchev–Trinajstić information content (AvgIpc) is 3.22. The van der Waals surface area contributed by atoms with Crippen molar-refractivity contribution in [2.24, 2.45) is 0 Å². The maximum Gasteiger partial charge on any atom is 0.295 e. The first kappa shape index (κ1) is 19.5. The number of nitrogens with zero attached hydrogens (tertiary/aromatic N) is 3. The molecule has 4 rings (SSSR count). The van der Waals surface area contributed by atoms with Crippen molar-refractivity contribution in [2.45, 2.75) is 13.0 Å². The normalized spacial score (nSPS) is 16.5. The molecule has 2 aromatic heterocycles. The van der Waals surface area contributed by atoms with Crippen molar-refractivity contribution in [1.29, 1.82) is 0 Å². The van der Waals surface area contributed by atoms with Crippen molar-refractivity contribution in [3.05, 3.63) is 65.5 Å². The number of rotatable bonds is 4.